The average molecular weight is 587 g/mol. The van der Waals surface area contributed by atoms with Gasteiger partial charge in [0.2, 0.25) is 0 Å². The Morgan fingerprint density at radius 3 is 2.53 bits per heavy atom. The summed E-state index contributed by atoms with van der Waals surface area (Å²) < 4.78 is 25.1. The SMILES string of the molecule is CC[C@@H](C)O[C@@H](C)CCC1=Cc2nc(-c3ccc(OC)c(CNCc4ccc(F)cc4)c3)ccc2C(N2CCCCC2)N1. The molecule has 0 spiro atoms. The molecule has 0 radical (unpaired) electrons. The standard InChI is InChI=1S/C36H47FN4O2/c1-5-25(2)43-26(3)9-15-31-22-34-32(36(39-31)41-19-7-6-8-20-41)16-17-33(40-34)28-12-18-35(42-4)29(21-28)24-38-23-27-10-13-30(37)14-11-27/h10-14,16-18,21-22,25-26,36,38-39H,5-9,15,19-20,23-24H2,1-4H3/t25-,26+,36?/m1/s1. The van der Waals surface area contributed by atoms with Crippen LogP contribution in [0.5, 0.6) is 5.75 Å². The van der Waals surface area contributed by atoms with Crippen LogP contribution in [0.2, 0.25) is 0 Å². The van der Waals surface area contributed by atoms with Crippen LogP contribution in [0.3, 0.4) is 0 Å². The van der Waals surface area contributed by atoms with Crippen molar-refractivity contribution in [3.05, 3.63) is 88.5 Å². The zero-order valence-corrected chi connectivity index (χ0v) is 26.2. The Morgan fingerprint density at radius 2 is 1.79 bits per heavy atom. The lowest BCUT2D eigenvalue weighted by Crippen LogP contribution is -2.43. The second-order valence-electron chi connectivity index (χ2n) is 11.9. The van der Waals surface area contributed by atoms with Gasteiger partial charge in [0.1, 0.15) is 17.7 Å². The number of benzene rings is 2. The Balaban J connectivity index is 1.37. The second-order valence-corrected chi connectivity index (χ2v) is 11.9. The molecule has 3 heterocycles. The van der Waals surface area contributed by atoms with E-state index in [1.54, 1.807) is 19.2 Å². The number of aromatic nitrogens is 1. The van der Waals surface area contributed by atoms with Crippen molar-refractivity contribution in [2.75, 3.05) is 20.2 Å². The van der Waals surface area contributed by atoms with Crippen LogP contribution in [0, 0.1) is 5.82 Å². The van der Waals surface area contributed by atoms with E-state index < -0.39 is 0 Å². The summed E-state index contributed by atoms with van der Waals surface area (Å²) in [5, 5.41) is 7.34. The summed E-state index contributed by atoms with van der Waals surface area (Å²) in [7, 11) is 1.70. The summed E-state index contributed by atoms with van der Waals surface area (Å²) in [6.45, 7) is 9.97. The zero-order valence-electron chi connectivity index (χ0n) is 26.2. The first-order valence-corrected chi connectivity index (χ1v) is 15.9. The van der Waals surface area contributed by atoms with Crippen LogP contribution in [0.25, 0.3) is 17.3 Å². The molecule has 0 saturated carbocycles. The van der Waals surface area contributed by atoms with Gasteiger partial charge in [0.25, 0.3) is 0 Å². The van der Waals surface area contributed by atoms with E-state index in [0.29, 0.717) is 13.1 Å². The van der Waals surface area contributed by atoms with Gasteiger partial charge in [-0.15, -0.1) is 0 Å². The lowest BCUT2D eigenvalue weighted by molar-refractivity contribution is 0.00239. The van der Waals surface area contributed by atoms with Crippen molar-refractivity contribution >= 4 is 6.08 Å². The van der Waals surface area contributed by atoms with Crippen LogP contribution in [0.1, 0.15) is 87.8 Å². The fourth-order valence-electron chi connectivity index (χ4n) is 6.00. The van der Waals surface area contributed by atoms with Crippen LogP contribution < -0.4 is 15.4 Å². The topological polar surface area (TPSA) is 58.7 Å². The highest BCUT2D eigenvalue weighted by atomic mass is 19.1. The number of hydrogen-bond donors (Lipinski definition) is 2. The third-order valence-electron chi connectivity index (χ3n) is 8.63. The van der Waals surface area contributed by atoms with Gasteiger partial charge in [0.05, 0.1) is 30.7 Å². The summed E-state index contributed by atoms with van der Waals surface area (Å²) >= 11 is 0. The van der Waals surface area contributed by atoms with Crippen molar-refractivity contribution in [3.63, 3.8) is 0 Å². The Labute approximate surface area is 256 Å². The number of nitrogens with one attached hydrogen (secondary N) is 2. The van der Waals surface area contributed by atoms with E-state index in [0.717, 1.165) is 66.2 Å². The van der Waals surface area contributed by atoms with E-state index in [4.69, 9.17) is 14.5 Å². The largest absolute Gasteiger partial charge is 0.496 e. The molecule has 0 aliphatic carbocycles. The number of ether oxygens (including phenoxy) is 2. The molecule has 3 atom stereocenters. The quantitative estimate of drug-likeness (QED) is 0.215. The van der Waals surface area contributed by atoms with E-state index >= 15 is 0 Å². The molecular weight excluding hydrogens is 539 g/mol. The molecule has 2 aliphatic rings. The van der Waals surface area contributed by atoms with Crippen LogP contribution in [-0.2, 0) is 17.8 Å². The number of nitrogens with zero attached hydrogens (tertiary/aromatic N) is 2. The summed E-state index contributed by atoms with van der Waals surface area (Å²) in [5.74, 6) is 0.611. The first-order valence-electron chi connectivity index (χ1n) is 15.9. The molecule has 2 aliphatic heterocycles. The van der Waals surface area contributed by atoms with E-state index in [2.05, 4.69) is 66.6 Å². The number of rotatable bonds is 13. The third kappa shape index (κ3) is 8.22. The predicted octanol–water partition coefficient (Wildman–Crippen LogP) is 7.60. The predicted molar refractivity (Wildman–Crippen MR) is 172 cm³/mol. The van der Waals surface area contributed by atoms with Gasteiger partial charge in [0, 0.05) is 48.6 Å². The average Bonchev–Trinajstić information content (AvgIpc) is 3.04. The number of halogens is 1. The van der Waals surface area contributed by atoms with Crippen molar-refractivity contribution < 1.29 is 13.9 Å². The Hall–Kier alpha value is -3.26. The molecule has 43 heavy (non-hydrogen) atoms. The molecule has 230 valence electrons. The molecular formula is C36H47FN4O2. The number of likely N-dealkylation sites (tertiary alicyclic amines) is 1. The van der Waals surface area contributed by atoms with E-state index in [9.17, 15) is 4.39 Å². The minimum atomic E-state index is -0.221. The first-order chi connectivity index (χ1) is 20.9. The Bertz CT molecular complexity index is 1370. The second kappa shape index (κ2) is 15.0. The Kier molecular flexibility index (Phi) is 10.8. The van der Waals surface area contributed by atoms with Crippen molar-refractivity contribution in [1.29, 1.82) is 0 Å². The number of pyridine rings is 1. The highest BCUT2D eigenvalue weighted by Gasteiger charge is 2.28. The molecule has 3 aromatic rings. The highest BCUT2D eigenvalue weighted by Crippen LogP contribution is 2.34. The van der Waals surface area contributed by atoms with E-state index in [1.807, 2.05) is 6.07 Å². The van der Waals surface area contributed by atoms with Crippen LogP contribution in [-0.4, -0.2) is 42.3 Å². The van der Waals surface area contributed by atoms with Crippen molar-refractivity contribution in [1.82, 2.24) is 20.5 Å². The monoisotopic (exact) mass is 586 g/mol. The number of piperidine rings is 1. The molecule has 0 bridgehead atoms. The van der Waals surface area contributed by atoms with Gasteiger partial charge in [0.15, 0.2) is 0 Å². The molecule has 5 rings (SSSR count). The Morgan fingerprint density at radius 1 is 1.00 bits per heavy atom. The van der Waals surface area contributed by atoms with Gasteiger partial charge in [-0.1, -0.05) is 31.5 Å². The maximum Gasteiger partial charge on any atom is 0.123 e. The fourth-order valence-corrected chi connectivity index (χ4v) is 6.00. The van der Waals surface area contributed by atoms with Crippen LogP contribution >= 0.6 is 0 Å². The smallest absolute Gasteiger partial charge is 0.123 e. The van der Waals surface area contributed by atoms with Gasteiger partial charge in [-0.05, 0) is 94.0 Å². The van der Waals surface area contributed by atoms with Gasteiger partial charge in [-0.25, -0.2) is 9.37 Å². The number of allylic oxidation sites excluding steroid dienone is 1. The van der Waals surface area contributed by atoms with Crippen molar-refractivity contribution in [2.45, 2.75) is 90.8 Å². The van der Waals surface area contributed by atoms with E-state index in [-0.39, 0.29) is 24.2 Å². The number of fused-ring (bicyclic) bond motifs is 1. The normalized spacial score (nSPS) is 18.3. The van der Waals surface area contributed by atoms with Gasteiger partial charge >= 0.3 is 0 Å². The van der Waals surface area contributed by atoms with Crippen molar-refractivity contribution in [2.24, 2.45) is 0 Å². The third-order valence-corrected chi connectivity index (χ3v) is 8.63. The molecule has 1 fully saturated rings. The zero-order chi connectivity index (χ0) is 30.2. The molecule has 7 heteroatoms. The molecule has 2 N–H and O–H groups in total. The first kappa shape index (κ1) is 31.2. The van der Waals surface area contributed by atoms with Crippen LogP contribution in [0.15, 0.2) is 60.3 Å². The summed E-state index contributed by atoms with van der Waals surface area (Å²) in [4.78, 5) is 7.81. The molecule has 0 amide bonds. The summed E-state index contributed by atoms with van der Waals surface area (Å²) in [5.41, 5.74) is 7.62. The lowest BCUT2D eigenvalue weighted by atomic mass is 9.98. The highest BCUT2D eigenvalue weighted by molar-refractivity contribution is 5.66. The minimum absolute atomic E-state index is 0.143. The fraction of sp³-hybridized carbons (Fsp3) is 0.472. The van der Waals surface area contributed by atoms with E-state index in [1.165, 1.54) is 42.7 Å². The van der Waals surface area contributed by atoms with Gasteiger partial charge < -0.3 is 20.1 Å². The maximum atomic E-state index is 13.3. The molecule has 1 saturated heterocycles. The minimum Gasteiger partial charge on any atom is -0.496 e. The van der Waals surface area contributed by atoms with Gasteiger partial charge in [-0.3, -0.25) is 4.90 Å². The number of methoxy groups -OCH3 is 1. The lowest BCUT2D eigenvalue weighted by Gasteiger charge is -2.39. The van der Waals surface area contributed by atoms with Crippen LogP contribution in [0.4, 0.5) is 4.39 Å². The summed E-state index contributed by atoms with van der Waals surface area (Å²) in [6, 6.07) is 17.3. The molecule has 2 aromatic carbocycles. The van der Waals surface area contributed by atoms with Gasteiger partial charge in [-0.2, -0.15) is 0 Å². The molecule has 6 nitrogen and oxygen atoms in total. The van der Waals surface area contributed by atoms with Crippen molar-refractivity contribution in [3.8, 4) is 17.0 Å². The summed E-state index contributed by atoms with van der Waals surface area (Å²) in [6.07, 6.45) is 9.58. The number of hydrogen-bond acceptors (Lipinski definition) is 6. The molecule has 1 aromatic heterocycles. The maximum absolute atomic E-state index is 13.3. The molecule has 1 unspecified atom stereocenters.